The zero-order valence-electron chi connectivity index (χ0n) is 12.8. The van der Waals surface area contributed by atoms with Crippen LogP contribution in [0.15, 0.2) is 42.5 Å². The monoisotopic (exact) mass is 317 g/mol. The topological polar surface area (TPSA) is 29.5 Å². The Hall–Kier alpha value is -2.43. The highest BCUT2D eigenvalue weighted by atomic mass is 19.1. The van der Waals surface area contributed by atoms with Gasteiger partial charge in [-0.05, 0) is 37.1 Å². The molecule has 0 heterocycles. The van der Waals surface area contributed by atoms with Gasteiger partial charge in [0.2, 0.25) is 0 Å². The highest BCUT2D eigenvalue weighted by molar-refractivity contribution is 5.97. The van der Waals surface area contributed by atoms with E-state index in [-0.39, 0.29) is 29.9 Å². The normalized spacial score (nSPS) is 13.7. The van der Waals surface area contributed by atoms with Gasteiger partial charge in [-0.1, -0.05) is 18.2 Å². The zero-order valence-corrected chi connectivity index (χ0v) is 12.8. The number of nitrogens with zero attached hydrogens (tertiary/aromatic N) is 1. The summed E-state index contributed by atoms with van der Waals surface area (Å²) in [6.07, 6.45) is 1.75. The first kappa shape index (κ1) is 15.5. The zero-order chi connectivity index (χ0) is 16.4. The summed E-state index contributed by atoms with van der Waals surface area (Å²) in [4.78, 5) is 14.4. The van der Waals surface area contributed by atoms with Gasteiger partial charge in [0.15, 0.2) is 0 Å². The number of methoxy groups -OCH3 is 1. The molecule has 0 unspecified atom stereocenters. The molecule has 2 aromatic carbocycles. The molecular weight excluding hydrogens is 300 g/mol. The van der Waals surface area contributed by atoms with Crippen LogP contribution in [0.2, 0.25) is 0 Å². The Balaban J connectivity index is 1.91. The number of halogens is 2. The van der Waals surface area contributed by atoms with Crippen LogP contribution in [-0.4, -0.2) is 24.0 Å². The van der Waals surface area contributed by atoms with E-state index in [2.05, 4.69) is 0 Å². The van der Waals surface area contributed by atoms with Crippen molar-refractivity contribution >= 4 is 5.91 Å². The van der Waals surface area contributed by atoms with E-state index in [0.29, 0.717) is 11.3 Å². The first-order valence-corrected chi connectivity index (χ1v) is 7.48. The molecule has 1 aliphatic carbocycles. The molecule has 120 valence electrons. The van der Waals surface area contributed by atoms with Gasteiger partial charge in [-0.3, -0.25) is 4.79 Å². The van der Waals surface area contributed by atoms with Crippen molar-refractivity contribution in [2.75, 3.05) is 7.11 Å². The summed E-state index contributed by atoms with van der Waals surface area (Å²) in [7, 11) is 1.43. The van der Waals surface area contributed by atoms with E-state index in [9.17, 15) is 13.6 Å². The van der Waals surface area contributed by atoms with Crippen molar-refractivity contribution in [1.82, 2.24) is 4.90 Å². The Morgan fingerprint density at radius 2 is 1.96 bits per heavy atom. The number of hydrogen-bond acceptors (Lipinski definition) is 2. The maximum absolute atomic E-state index is 13.9. The summed E-state index contributed by atoms with van der Waals surface area (Å²) in [6.45, 7) is 0.163. The largest absolute Gasteiger partial charge is 0.496 e. The van der Waals surface area contributed by atoms with Crippen molar-refractivity contribution in [2.24, 2.45) is 0 Å². The minimum Gasteiger partial charge on any atom is -0.496 e. The third-order valence-corrected chi connectivity index (χ3v) is 3.94. The van der Waals surface area contributed by atoms with E-state index in [1.807, 2.05) is 0 Å². The van der Waals surface area contributed by atoms with Crippen LogP contribution in [0.25, 0.3) is 0 Å². The van der Waals surface area contributed by atoms with Crippen molar-refractivity contribution in [3.63, 3.8) is 0 Å². The summed E-state index contributed by atoms with van der Waals surface area (Å²) in [5, 5.41) is 0. The van der Waals surface area contributed by atoms with Crippen LogP contribution in [-0.2, 0) is 6.54 Å². The molecule has 0 aromatic heterocycles. The van der Waals surface area contributed by atoms with Crippen molar-refractivity contribution in [1.29, 1.82) is 0 Å². The second kappa shape index (κ2) is 6.36. The van der Waals surface area contributed by atoms with Gasteiger partial charge in [-0.15, -0.1) is 0 Å². The van der Waals surface area contributed by atoms with Crippen LogP contribution >= 0.6 is 0 Å². The SMILES string of the molecule is COc1ccc(F)cc1C(=O)N(Cc1ccccc1F)C1CC1. The van der Waals surface area contributed by atoms with Crippen LogP contribution in [0, 0.1) is 11.6 Å². The molecular formula is C18H17F2NO2. The van der Waals surface area contributed by atoms with Crippen LogP contribution in [0.1, 0.15) is 28.8 Å². The second-order valence-corrected chi connectivity index (χ2v) is 5.60. The van der Waals surface area contributed by atoms with Gasteiger partial charge in [0.1, 0.15) is 17.4 Å². The number of rotatable bonds is 5. The van der Waals surface area contributed by atoms with Crippen LogP contribution in [0.3, 0.4) is 0 Å². The van der Waals surface area contributed by atoms with Gasteiger partial charge in [-0.2, -0.15) is 0 Å². The lowest BCUT2D eigenvalue weighted by Crippen LogP contribution is -2.33. The predicted molar refractivity (Wildman–Crippen MR) is 82.2 cm³/mol. The number of hydrogen-bond donors (Lipinski definition) is 0. The minimum atomic E-state index is -0.504. The van der Waals surface area contributed by atoms with Gasteiger partial charge in [0.25, 0.3) is 5.91 Å². The second-order valence-electron chi connectivity index (χ2n) is 5.60. The highest BCUT2D eigenvalue weighted by Gasteiger charge is 2.34. The molecule has 1 fully saturated rings. The molecule has 2 aromatic rings. The van der Waals surface area contributed by atoms with E-state index < -0.39 is 5.82 Å². The third kappa shape index (κ3) is 3.33. The van der Waals surface area contributed by atoms with E-state index >= 15 is 0 Å². The molecule has 0 radical (unpaired) electrons. The van der Waals surface area contributed by atoms with Crippen LogP contribution < -0.4 is 4.74 Å². The first-order valence-electron chi connectivity index (χ1n) is 7.48. The lowest BCUT2D eigenvalue weighted by atomic mass is 10.1. The van der Waals surface area contributed by atoms with Crippen molar-refractivity contribution < 1.29 is 18.3 Å². The number of ether oxygens (including phenoxy) is 1. The Morgan fingerprint density at radius 1 is 1.22 bits per heavy atom. The fourth-order valence-corrected chi connectivity index (χ4v) is 2.57. The maximum Gasteiger partial charge on any atom is 0.258 e. The van der Waals surface area contributed by atoms with Gasteiger partial charge < -0.3 is 9.64 Å². The van der Waals surface area contributed by atoms with Crippen LogP contribution in [0.5, 0.6) is 5.75 Å². The molecule has 3 nitrogen and oxygen atoms in total. The molecule has 0 bridgehead atoms. The van der Waals surface area contributed by atoms with Gasteiger partial charge >= 0.3 is 0 Å². The molecule has 1 saturated carbocycles. The first-order chi connectivity index (χ1) is 11.1. The predicted octanol–water partition coefficient (Wildman–Crippen LogP) is 3.78. The Kier molecular flexibility index (Phi) is 4.28. The number of carbonyl (C=O) groups is 1. The highest BCUT2D eigenvalue weighted by Crippen LogP contribution is 2.32. The molecule has 5 heteroatoms. The number of amides is 1. The summed E-state index contributed by atoms with van der Waals surface area (Å²) < 4.78 is 32.6. The molecule has 0 saturated heterocycles. The third-order valence-electron chi connectivity index (χ3n) is 3.94. The maximum atomic E-state index is 13.9. The number of benzene rings is 2. The molecule has 0 N–H and O–H groups in total. The van der Waals surface area contributed by atoms with Crippen molar-refractivity contribution in [2.45, 2.75) is 25.4 Å². The average Bonchev–Trinajstić information content (AvgIpc) is 3.38. The molecule has 0 aliphatic heterocycles. The van der Waals surface area contributed by atoms with E-state index in [4.69, 9.17) is 4.74 Å². The molecule has 0 atom stereocenters. The average molecular weight is 317 g/mol. The van der Waals surface area contributed by atoms with Crippen molar-refractivity contribution in [3.8, 4) is 5.75 Å². The van der Waals surface area contributed by atoms with Gasteiger partial charge in [0, 0.05) is 18.2 Å². The fourth-order valence-electron chi connectivity index (χ4n) is 2.57. The molecule has 0 spiro atoms. The van der Waals surface area contributed by atoms with Crippen molar-refractivity contribution in [3.05, 3.63) is 65.2 Å². The molecule has 3 rings (SSSR count). The lowest BCUT2D eigenvalue weighted by molar-refractivity contribution is 0.0724. The fraction of sp³-hybridized carbons (Fsp3) is 0.278. The standard InChI is InChI=1S/C18H17F2NO2/c1-23-17-9-6-13(19)10-15(17)18(22)21(14-7-8-14)11-12-4-2-3-5-16(12)20/h2-6,9-10,14H,7-8,11H2,1H3. The minimum absolute atomic E-state index is 0.0649. The smallest absolute Gasteiger partial charge is 0.258 e. The quantitative estimate of drug-likeness (QED) is 0.840. The summed E-state index contributed by atoms with van der Waals surface area (Å²) in [6, 6.07) is 10.3. The molecule has 1 amide bonds. The lowest BCUT2D eigenvalue weighted by Gasteiger charge is -2.24. The Morgan fingerprint density at radius 3 is 2.61 bits per heavy atom. The van der Waals surface area contributed by atoms with Gasteiger partial charge in [-0.25, -0.2) is 8.78 Å². The van der Waals surface area contributed by atoms with Gasteiger partial charge in [0.05, 0.1) is 12.7 Å². The Bertz CT molecular complexity index is 729. The van der Waals surface area contributed by atoms with E-state index in [1.54, 1.807) is 23.1 Å². The Labute approximate surface area is 133 Å². The summed E-state index contributed by atoms with van der Waals surface area (Å²) >= 11 is 0. The molecule has 23 heavy (non-hydrogen) atoms. The summed E-state index contributed by atoms with van der Waals surface area (Å²) in [5.74, 6) is -0.879. The van der Waals surface area contributed by atoms with E-state index in [0.717, 1.165) is 18.9 Å². The number of carbonyl (C=O) groups excluding carboxylic acids is 1. The van der Waals surface area contributed by atoms with Crippen LogP contribution in [0.4, 0.5) is 8.78 Å². The molecule has 1 aliphatic rings. The van der Waals surface area contributed by atoms with E-state index in [1.165, 1.54) is 25.3 Å². The summed E-state index contributed by atoms with van der Waals surface area (Å²) in [5.41, 5.74) is 0.610.